The lowest BCUT2D eigenvalue weighted by Crippen LogP contribution is -2.51. The third-order valence-corrected chi connectivity index (χ3v) is 3.84. The van der Waals surface area contributed by atoms with Gasteiger partial charge in [-0.2, -0.15) is 0 Å². The molecule has 1 aromatic carbocycles. The van der Waals surface area contributed by atoms with E-state index < -0.39 is 0 Å². The highest BCUT2D eigenvalue weighted by atomic mass is 35.5. The number of rotatable bonds is 2. The highest BCUT2D eigenvalue weighted by molar-refractivity contribution is 6.30. The topological polar surface area (TPSA) is 66.6 Å². The molecule has 1 fully saturated rings. The molecule has 1 amide bonds. The summed E-state index contributed by atoms with van der Waals surface area (Å²) in [5, 5.41) is 10.3. The van der Waals surface area contributed by atoms with Crippen molar-refractivity contribution in [1.82, 2.24) is 4.90 Å². The Kier molecular flexibility index (Phi) is 4.32. The van der Waals surface area contributed by atoms with Crippen LogP contribution in [-0.2, 0) is 0 Å². The molecule has 1 aliphatic rings. The van der Waals surface area contributed by atoms with Crippen LogP contribution in [0.5, 0.6) is 5.75 Å². The van der Waals surface area contributed by atoms with Crippen molar-refractivity contribution < 1.29 is 9.90 Å². The Morgan fingerprint density at radius 1 is 1.53 bits per heavy atom. The van der Waals surface area contributed by atoms with Crippen LogP contribution in [0, 0.1) is 0 Å². The normalized spacial score (nSPS) is 21.2. The van der Waals surface area contributed by atoms with Crippen molar-refractivity contribution in [3.63, 3.8) is 0 Å². The quantitative estimate of drug-likeness (QED) is 0.875. The number of benzene rings is 1. The third-order valence-electron chi connectivity index (χ3n) is 3.61. The Bertz CT molecular complexity index is 477. The van der Waals surface area contributed by atoms with Crippen molar-refractivity contribution in [2.24, 2.45) is 5.73 Å². The number of phenolic OH excluding ortho intramolecular Hbond substituents is 1. The molecule has 1 aliphatic heterocycles. The first kappa shape index (κ1) is 14.2. The van der Waals surface area contributed by atoms with Gasteiger partial charge in [-0.15, -0.1) is 0 Å². The summed E-state index contributed by atoms with van der Waals surface area (Å²) in [6.45, 7) is 2.60. The monoisotopic (exact) mass is 282 g/mol. The summed E-state index contributed by atoms with van der Waals surface area (Å²) in [5.41, 5.74) is 6.25. The fourth-order valence-electron chi connectivity index (χ4n) is 2.60. The summed E-state index contributed by atoms with van der Waals surface area (Å²) in [5.74, 6) is -0.248. The highest BCUT2D eigenvalue weighted by Gasteiger charge is 2.30. The second-order valence-electron chi connectivity index (χ2n) is 5.08. The standard InChI is InChI=1S/C14H19ClN2O2/c1-9(16)12-4-2-3-7-17(12)14(19)11-6-5-10(15)8-13(11)18/h5-6,8-9,12,18H,2-4,7,16H2,1H3. The average molecular weight is 283 g/mol. The van der Waals surface area contributed by atoms with Crippen molar-refractivity contribution in [2.45, 2.75) is 38.3 Å². The number of nitrogens with zero attached hydrogens (tertiary/aromatic N) is 1. The van der Waals surface area contributed by atoms with E-state index in [1.54, 1.807) is 17.0 Å². The first-order valence-electron chi connectivity index (χ1n) is 6.56. The Hall–Kier alpha value is -1.26. The molecule has 5 heteroatoms. The molecule has 1 aromatic rings. The number of piperidine rings is 1. The molecule has 2 rings (SSSR count). The van der Waals surface area contributed by atoms with E-state index in [0.717, 1.165) is 19.3 Å². The highest BCUT2D eigenvalue weighted by Crippen LogP contribution is 2.27. The number of nitrogens with two attached hydrogens (primary N) is 1. The summed E-state index contributed by atoms with van der Waals surface area (Å²) in [6, 6.07) is 4.53. The first-order chi connectivity index (χ1) is 9.00. The van der Waals surface area contributed by atoms with Crippen LogP contribution in [0.1, 0.15) is 36.5 Å². The van der Waals surface area contributed by atoms with Gasteiger partial charge in [0.05, 0.1) is 5.56 Å². The fraction of sp³-hybridized carbons (Fsp3) is 0.500. The predicted octanol–water partition coefficient (Wildman–Crippen LogP) is 2.39. The van der Waals surface area contributed by atoms with Gasteiger partial charge < -0.3 is 15.7 Å². The maximum atomic E-state index is 12.5. The van der Waals surface area contributed by atoms with Crippen LogP contribution in [0.4, 0.5) is 0 Å². The molecule has 0 aromatic heterocycles. The second-order valence-corrected chi connectivity index (χ2v) is 5.52. The average Bonchev–Trinajstić information content (AvgIpc) is 2.38. The van der Waals surface area contributed by atoms with Crippen molar-refractivity contribution >= 4 is 17.5 Å². The molecule has 0 aliphatic carbocycles. The van der Waals surface area contributed by atoms with Gasteiger partial charge in [0.2, 0.25) is 0 Å². The molecule has 2 unspecified atom stereocenters. The molecule has 104 valence electrons. The Morgan fingerprint density at radius 2 is 2.26 bits per heavy atom. The molecule has 0 radical (unpaired) electrons. The third kappa shape index (κ3) is 3.01. The Balaban J connectivity index is 2.26. The van der Waals surface area contributed by atoms with E-state index in [9.17, 15) is 9.90 Å². The van der Waals surface area contributed by atoms with Crippen LogP contribution in [0.25, 0.3) is 0 Å². The largest absolute Gasteiger partial charge is 0.507 e. The fourth-order valence-corrected chi connectivity index (χ4v) is 2.76. The van der Waals surface area contributed by atoms with Gasteiger partial charge in [0.1, 0.15) is 5.75 Å². The molecular weight excluding hydrogens is 264 g/mol. The van der Waals surface area contributed by atoms with Crippen molar-refractivity contribution in [3.05, 3.63) is 28.8 Å². The van der Waals surface area contributed by atoms with Crippen LogP contribution in [0.3, 0.4) is 0 Å². The van der Waals surface area contributed by atoms with Crippen LogP contribution in [0.2, 0.25) is 5.02 Å². The first-order valence-corrected chi connectivity index (χ1v) is 6.93. The van der Waals surface area contributed by atoms with E-state index in [1.807, 2.05) is 6.92 Å². The number of phenols is 1. The minimum Gasteiger partial charge on any atom is -0.507 e. The number of likely N-dealkylation sites (tertiary alicyclic amines) is 1. The molecular formula is C14H19ClN2O2. The molecule has 0 saturated carbocycles. The number of halogens is 1. The lowest BCUT2D eigenvalue weighted by Gasteiger charge is -2.38. The van der Waals surface area contributed by atoms with Gasteiger partial charge in [0.15, 0.2) is 0 Å². The van der Waals surface area contributed by atoms with Gasteiger partial charge in [0.25, 0.3) is 5.91 Å². The molecule has 19 heavy (non-hydrogen) atoms. The van der Waals surface area contributed by atoms with Crippen LogP contribution < -0.4 is 5.73 Å². The van der Waals surface area contributed by atoms with E-state index in [-0.39, 0.29) is 29.3 Å². The lowest BCUT2D eigenvalue weighted by atomic mass is 9.96. The van der Waals surface area contributed by atoms with E-state index in [4.69, 9.17) is 17.3 Å². The number of carbonyl (C=O) groups excluding carboxylic acids is 1. The molecule has 2 atom stereocenters. The zero-order valence-electron chi connectivity index (χ0n) is 11.0. The molecule has 1 saturated heterocycles. The van der Waals surface area contributed by atoms with Gasteiger partial charge in [-0.1, -0.05) is 11.6 Å². The van der Waals surface area contributed by atoms with E-state index in [2.05, 4.69) is 0 Å². The Labute approximate surface area is 118 Å². The van der Waals surface area contributed by atoms with Gasteiger partial charge in [-0.05, 0) is 44.4 Å². The molecule has 0 spiro atoms. The number of aromatic hydroxyl groups is 1. The predicted molar refractivity (Wildman–Crippen MR) is 75.4 cm³/mol. The summed E-state index contributed by atoms with van der Waals surface area (Å²) in [6.07, 6.45) is 2.98. The van der Waals surface area contributed by atoms with Crippen LogP contribution >= 0.6 is 11.6 Å². The minimum atomic E-state index is -0.170. The van der Waals surface area contributed by atoms with Crippen LogP contribution in [0.15, 0.2) is 18.2 Å². The zero-order chi connectivity index (χ0) is 14.0. The van der Waals surface area contributed by atoms with E-state index in [0.29, 0.717) is 11.6 Å². The maximum Gasteiger partial charge on any atom is 0.257 e. The van der Waals surface area contributed by atoms with Crippen molar-refractivity contribution in [3.8, 4) is 5.75 Å². The second kappa shape index (κ2) is 5.80. The van der Waals surface area contributed by atoms with Gasteiger partial charge in [-0.3, -0.25) is 4.79 Å². The minimum absolute atomic E-state index is 0.0383. The summed E-state index contributed by atoms with van der Waals surface area (Å²) in [7, 11) is 0. The van der Waals surface area contributed by atoms with Gasteiger partial charge in [0, 0.05) is 23.7 Å². The number of carbonyl (C=O) groups is 1. The lowest BCUT2D eigenvalue weighted by molar-refractivity contribution is 0.0581. The summed E-state index contributed by atoms with van der Waals surface area (Å²) in [4.78, 5) is 14.3. The van der Waals surface area contributed by atoms with E-state index >= 15 is 0 Å². The van der Waals surface area contributed by atoms with Crippen molar-refractivity contribution in [1.29, 1.82) is 0 Å². The smallest absolute Gasteiger partial charge is 0.257 e. The number of hydrogen-bond donors (Lipinski definition) is 2. The maximum absolute atomic E-state index is 12.5. The van der Waals surface area contributed by atoms with Gasteiger partial charge >= 0.3 is 0 Å². The summed E-state index contributed by atoms with van der Waals surface area (Å²) >= 11 is 5.78. The number of amides is 1. The molecule has 1 heterocycles. The van der Waals surface area contributed by atoms with Crippen LogP contribution in [-0.4, -0.2) is 34.5 Å². The van der Waals surface area contributed by atoms with Crippen molar-refractivity contribution in [2.75, 3.05) is 6.54 Å². The van der Waals surface area contributed by atoms with E-state index in [1.165, 1.54) is 6.07 Å². The number of hydrogen-bond acceptors (Lipinski definition) is 3. The zero-order valence-corrected chi connectivity index (χ0v) is 11.7. The molecule has 4 nitrogen and oxygen atoms in total. The molecule has 3 N–H and O–H groups in total. The summed E-state index contributed by atoms with van der Waals surface area (Å²) < 4.78 is 0. The SMILES string of the molecule is CC(N)C1CCCCN1C(=O)c1ccc(Cl)cc1O. The Morgan fingerprint density at radius 3 is 2.89 bits per heavy atom. The molecule has 0 bridgehead atoms. The van der Waals surface area contributed by atoms with Gasteiger partial charge in [-0.25, -0.2) is 0 Å².